The van der Waals surface area contributed by atoms with Crippen LogP contribution in [0.15, 0.2) is 0 Å². The first-order valence-corrected chi connectivity index (χ1v) is 10.1. The highest BCUT2D eigenvalue weighted by atomic mass is 32.2. The van der Waals surface area contributed by atoms with Crippen molar-refractivity contribution in [3.8, 4) is 0 Å². The molecule has 10 nitrogen and oxygen atoms in total. The van der Waals surface area contributed by atoms with E-state index in [-0.39, 0.29) is 19.3 Å². The van der Waals surface area contributed by atoms with E-state index in [2.05, 4.69) is 10.6 Å². The van der Waals surface area contributed by atoms with Crippen LogP contribution in [0.1, 0.15) is 38.5 Å². The van der Waals surface area contributed by atoms with Gasteiger partial charge in [-0.15, -0.1) is 0 Å². The molecule has 2 amide bonds. The molecule has 8 N–H and O–H groups in total. The number of hydrogen-bond donors (Lipinski definition) is 6. The summed E-state index contributed by atoms with van der Waals surface area (Å²) in [6.07, 6.45) is 3.41. The van der Waals surface area contributed by atoms with Crippen molar-refractivity contribution in [2.75, 3.05) is 18.6 Å². The first-order chi connectivity index (χ1) is 12.7. The maximum absolute atomic E-state index is 12.4. The minimum atomic E-state index is -1.21. The Kier molecular flexibility index (Phi) is 13.3. The van der Waals surface area contributed by atoms with Gasteiger partial charge in [-0.1, -0.05) is 0 Å². The van der Waals surface area contributed by atoms with Crippen molar-refractivity contribution in [2.24, 2.45) is 11.5 Å². The van der Waals surface area contributed by atoms with Crippen LogP contribution in [0.4, 0.5) is 0 Å². The normalized spacial score (nSPS) is 14.0. The monoisotopic (exact) mass is 406 g/mol. The number of carboxylic acids is 2. The average Bonchev–Trinajstić information content (AvgIpc) is 2.61. The summed E-state index contributed by atoms with van der Waals surface area (Å²) in [6, 6.07) is -3.12. The molecule has 0 fully saturated rings. The second kappa shape index (κ2) is 14.2. The number of thioether (sulfide) groups is 1. The molecule has 0 saturated carbocycles. The number of nitrogens with two attached hydrogens (primary N) is 2. The molecule has 156 valence electrons. The SMILES string of the molecule is CSCCC(NC(=O)CCC(N)C(=O)O)C(=O)NC(CCCCN)C(=O)O. The molecule has 3 atom stereocenters. The molecular weight excluding hydrogens is 376 g/mol. The summed E-state index contributed by atoms with van der Waals surface area (Å²) >= 11 is 1.48. The molecule has 0 heterocycles. The van der Waals surface area contributed by atoms with E-state index in [1.807, 2.05) is 6.26 Å². The Morgan fingerprint density at radius 1 is 0.963 bits per heavy atom. The lowest BCUT2D eigenvalue weighted by molar-refractivity contribution is -0.142. The molecule has 0 radical (unpaired) electrons. The van der Waals surface area contributed by atoms with Crippen LogP contribution in [0, 0.1) is 0 Å². The smallest absolute Gasteiger partial charge is 0.326 e. The van der Waals surface area contributed by atoms with E-state index in [9.17, 15) is 24.3 Å². The molecule has 0 aromatic carbocycles. The minimum Gasteiger partial charge on any atom is -0.480 e. The van der Waals surface area contributed by atoms with Gasteiger partial charge in [0, 0.05) is 6.42 Å². The van der Waals surface area contributed by atoms with E-state index in [0.717, 1.165) is 0 Å². The Bertz CT molecular complexity index is 505. The van der Waals surface area contributed by atoms with Crippen LogP contribution in [0.25, 0.3) is 0 Å². The molecule has 11 heteroatoms. The number of carbonyl (C=O) groups excluding carboxylic acids is 2. The summed E-state index contributed by atoms with van der Waals surface area (Å²) in [5, 5.41) is 23.0. The van der Waals surface area contributed by atoms with Crippen molar-refractivity contribution in [1.82, 2.24) is 10.6 Å². The first kappa shape index (κ1) is 25.1. The largest absolute Gasteiger partial charge is 0.480 e. The highest BCUT2D eigenvalue weighted by molar-refractivity contribution is 7.98. The van der Waals surface area contributed by atoms with Crippen LogP contribution in [0.3, 0.4) is 0 Å². The summed E-state index contributed by atoms with van der Waals surface area (Å²) < 4.78 is 0. The van der Waals surface area contributed by atoms with Gasteiger partial charge in [0.2, 0.25) is 11.8 Å². The molecule has 27 heavy (non-hydrogen) atoms. The van der Waals surface area contributed by atoms with Gasteiger partial charge in [0.25, 0.3) is 0 Å². The molecule has 0 aromatic rings. The summed E-state index contributed by atoms with van der Waals surface area (Å²) in [5.41, 5.74) is 10.7. The summed E-state index contributed by atoms with van der Waals surface area (Å²) in [4.78, 5) is 46.5. The third-order valence-electron chi connectivity index (χ3n) is 3.82. The lowest BCUT2D eigenvalue weighted by Gasteiger charge is -2.21. The van der Waals surface area contributed by atoms with Crippen molar-refractivity contribution in [3.05, 3.63) is 0 Å². The number of aliphatic carboxylic acids is 2. The van der Waals surface area contributed by atoms with Gasteiger partial charge in [-0.3, -0.25) is 14.4 Å². The van der Waals surface area contributed by atoms with Gasteiger partial charge in [-0.05, 0) is 50.7 Å². The van der Waals surface area contributed by atoms with E-state index >= 15 is 0 Å². The number of carboxylic acid groups (broad SMARTS) is 2. The summed E-state index contributed by atoms with van der Waals surface area (Å²) in [6.45, 7) is 0.436. The highest BCUT2D eigenvalue weighted by Gasteiger charge is 2.26. The number of unbranched alkanes of at least 4 members (excludes halogenated alkanes) is 1. The molecule has 3 unspecified atom stereocenters. The standard InChI is InChI=1S/C16H30N4O6S/c1-27-9-7-11(19-13(21)6-5-10(18)15(23)24)14(22)20-12(16(25)26)4-2-3-8-17/h10-12H,2-9,17-18H2,1H3,(H,19,21)(H,20,22)(H,23,24)(H,25,26). The van der Waals surface area contributed by atoms with Gasteiger partial charge in [0.1, 0.15) is 18.1 Å². The summed E-state index contributed by atoms with van der Waals surface area (Å²) in [7, 11) is 0. The van der Waals surface area contributed by atoms with Gasteiger partial charge in [-0.25, -0.2) is 4.79 Å². The zero-order valence-corrected chi connectivity index (χ0v) is 16.3. The maximum Gasteiger partial charge on any atom is 0.326 e. The Labute approximate surface area is 162 Å². The maximum atomic E-state index is 12.4. The number of nitrogens with one attached hydrogen (secondary N) is 2. The average molecular weight is 407 g/mol. The molecule has 0 aromatic heterocycles. The molecule has 0 rings (SSSR count). The molecule has 0 aliphatic carbocycles. The second-order valence-electron chi connectivity index (χ2n) is 6.07. The third kappa shape index (κ3) is 11.5. The van der Waals surface area contributed by atoms with Crippen LogP contribution in [-0.4, -0.2) is 70.6 Å². The fourth-order valence-electron chi connectivity index (χ4n) is 2.20. The number of hydrogen-bond acceptors (Lipinski definition) is 7. The third-order valence-corrected chi connectivity index (χ3v) is 4.47. The van der Waals surface area contributed by atoms with Gasteiger partial charge in [0.05, 0.1) is 0 Å². The van der Waals surface area contributed by atoms with E-state index in [1.165, 1.54) is 11.8 Å². The van der Waals surface area contributed by atoms with Crippen LogP contribution < -0.4 is 22.1 Å². The highest BCUT2D eigenvalue weighted by Crippen LogP contribution is 2.06. The van der Waals surface area contributed by atoms with Crippen molar-refractivity contribution >= 4 is 35.5 Å². The number of carbonyl (C=O) groups is 4. The number of amides is 2. The quantitative estimate of drug-likeness (QED) is 0.188. The van der Waals surface area contributed by atoms with E-state index < -0.39 is 41.9 Å². The zero-order chi connectivity index (χ0) is 20.8. The van der Waals surface area contributed by atoms with Crippen LogP contribution in [0.2, 0.25) is 0 Å². The first-order valence-electron chi connectivity index (χ1n) is 8.72. The fraction of sp³-hybridized carbons (Fsp3) is 0.750. The topological polar surface area (TPSA) is 185 Å². The van der Waals surface area contributed by atoms with Crippen molar-refractivity contribution in [1.29, 1.82) is 0 Å². The number of rotatable bonds is 15. The van der Waals surface area contributed by atoms with Gasteiger partial charge >= 0.3 is 11.9 Å². The Morgan fingerprint density at radius 2 is 1.63 bits per heavy atom. The van der Waals surface area contributed by atoms with Crippen molar-refractivity contribution in [2.45, 2.75) is 56.7 Å². The van der Waals surface area contributed by atoms with Gasteiger partial charge in [-0.2, -0.15) is 11.8 Å². The Balaban J connectivity index is 4.78. The van der Waals surface area contributed by atoms with E-state index in [1.54, 1.807) is 0 Å². The van der Waals surface area contributed by atoms with E-state index in [4.69, 9.17) is 16.6 Å². The Morgan fingerprint density at radius 3 is 2.15 bits per heavy atom. The molecule has 0 saturated heterocycles. The molecule has 0 aliphatic rings. The molecule has 0 aliphatic heterocycles. The lowest BCUT2D eigenvalue weighted by Crippen LogP contribution is -2.52. The van der Waals surface area contributed by atoms with Crippen molar-refractivity contribution < 1.29 is 29.4 Å². The van der Waals surface area contributed by atoms with Crippen molar-refractivity contribution in [3.63, 3.8) is 0 Å². The minimum absolute atomic E-state index is 0.0606. The molecule has 0 bridgehead atoms. The summed E-state index contributed by atoms with van der Waals surface area (Å²) in [5.74, 6) is -2.87. The van der Waals surface area contributed by atoms with Crippen LogP contribution in [0.5, 0.6) is 0 Å². The van der Waals surface area contributed by atoms with Crippen LogP contribution in [-0.2, 0) is 19.2 Å². The van der Waals surface area contributed by atoms with E-state index in [0.29, 0.717) is 31.6 Å². The lowest BCUT2D eigenvalue weighted by atomic mass is 10.1. The molecule has 0 spiro atoms. The second-order valence-corrected chi connectivity index (χ2v) is 7.05. The van der Waals surface area contributed by atoms with Gasteiger partial charge < -0.3 is 32.3 Å². The van der Waals surface area contributed by atoms with Gasteiger partial charge in [0.15, 0.2) is 0 Å². The Hall–Kier alpha value is -1.85. The zero-order valence-electron chi connectivity index (χ0n) is 15.5. The van der Waals surface area contributed by atoms with Crippen LogP contribution >= 0.6 is 11.8 Å². The predicted octanol–water partition coefficient (Wildman–Crippen LogP) is -0.885. The predicted molar refractivity (Wildman–Crippen MR) is 102 cm³/mol. The molecular formula is C16H30N4O6S. The fourth-order valence-corrected chi connectivity index (χ4v) is 2.67.